The van der Waals surface area contributed by atoms with Crippen LogP contribution in [0.4, 0.5) is 0 Å². The van der Waals surface area contributed by atoms with Crippen molar-refractivity contribution in [1.29, 1.82) is 0 Å². The Kier molecular flexibility index (Phi) is 11.5. The first kappa shape index (κ1) is 14.2. The van der Waals surface area contributed by atoms with Crippen LogP contribution in [0.25, 0.3) is 0 Å². The first-order valence-corrected chi connectivity index (χ1v) is 7.21. The van der Waals surface area contributed by atoms with Crippen molar-refractivity contribution in [2.45, 2.75) is 65.2 Å². The van der Waals surface area contributed by atoms with E-state index >= 15 is 0 Å². The summed E-state index contributed by atoms with van der Waals surface area (Å²) in [5, 5.41) is 1.07. The summed E-state index contributed by atoms with van der Waals surface area (Å²) in [6.07, 6.45) is 13.1. The number of unbranched alkanes of at least 4 members (excludes halogenated alkanes) is 5. The molecular weight excluding hydrogens is 236 g/mol. The number of rotatable bonds is 9. The number of allylic oxidation sites excluding steroid dienone is 2. The largest absolute Gasteiger partial charge is 0.0880 e. The molecule has 0 aliphatic heterocycles. The summed E-state index contributed by atoms with van der Waals surface area (Å²) in [7, 11) is 0. The highest BCUT2D eigenvalue weighted by Gasteiger charge is 1.95. The third-order valence-corrected chi connectivity index (χ3v) is 3.23. The van der Waals surface area contributed by atoms with E-state index in [0.717, 1.165) is 5.33 Å². The van der Waals surface area contributed by atoms with E-state index in [2.05, 4.69) is 35.9 Å². The average molecular weight is 261 g/mol. The van der Waals surface area contributed by atoms with E-state index in [1.165, 1.54) is 51.4 Å². The lowest BCUT2D eigenvalue weighted by atomic mass is 10.1. The van der Waals surface area contributed by atoms with Crippen LogP contribution in [-0.4, -0.2) is 5.33 Å². The van der Waals surface area contributed by atoms with Gasteiger partial charge in [0.05, 0.1) is 0 Å². The van der Waals surface area contributed by atoms with Gasteiger partial charge in [0.15, 0.2) is 0 Å². The van der Waals surface area contributed by atoms with Crippen LogP contribution in [0, 0.1) is 0 Å². The Morgan fingerprint density at radius 1 is 1.00 bits per heavy atom. The van der Waals surface area contributed by atoms with E-state index in [1.54, 1.807) is 5.57 Å². The second-order valence-corrected chi connectivity index (χ2v) is 4.51. The number of alkyl halides is 1. The molecule has 0 rings (SSSR count). The highest BCUT2D eigenvalue weighted by Crippen LogP contribution is 2.13. The molecule has 0 aliphatic carbocycles. The Bertz CT molecular complexity index is 138. The van der Waals surface area contributed by atoms with Gasteiger partial charge >= 0.3 is 0 Å². The van der Waals surface area contributed by atoms with Gasteiger partial charge in [0.2, 0.25) is 0 Å². The molecule has 0 aromatic rings. The molecule has 0 aliphatic rings. The summed E-state index contributed by atoms with van der Waals surface area (Å²) in [6.45, 7) is 4.52. The van der Waals surface area contributed by atoms with Crippen molar-refractivity contribution in [3.8, 4) is 0 Å². The number of hydrogen-bond acceptors (Lipinski definition) is 0. The van der Waals surface area contributed by atoms with E-state index < -0.39 is 0 Å². The van der Waals surface area contributed by atoms with Crippen molar-refractivity contribution in [2.75, 3.05) is 5.33 Å². The molecule has 0 fully saturated rings. The first-order valence-electron chi connectivity index (χ1n) is 6.09. The SMILES string of the molecule is CCCCC/C=C(/CBr)CCCCC. The van der Waals surface area contributed by atoms with E-state index in [4.69, 9.17) is 0 Å². The molecule has 0 amide bonds. The van der Waals surface area contributed by atoms with Crippen LogP contribution in [0.15, 0.2) is 11.6 Å². The van der Waals surface area contributed by atoms with E-state index in [0.29, 0.717) is 0 Å². The summed E-state index contributed by atoms with van der Waals surface area (Å²) in [4.78, 5) is 0. The highest BCUT2D eigenvalue weighted by molar-refractivity contribution is 9.09. The van der Waals surface area contributed by atoms with Gasteiger partial charge in [-0.3, -0.25) is 0 Å². The molecule has 0 heterocycles. The quantitative estimate of drug-likeness (QED) is 0.293. The zero-order valence-corrected chi connectivity index (χ0v) is 11.4. The summed E-state index contributed by atoms with van der Waals surface area (Å²) in [6, 6.07) is 0. The predicted molar refractivity (Wildman–Crippen MR) is 70.2 cm³/mol. The highest BCUT2D eigenvalue weighted by atomic mass is 79.9. The first-order chi connectivity index (χ1) is 6.85. The molecule has 0 saturated carbocycles. The number of halogens is 1. The van der Waals surface area contributed by atoms with Gasteiger partial charge in [-0.15, -0.1) is 0 Å². The Morgan fingerprint density at radius 2 is 1.64 bits per heavy atom. The van der Waals surface area contributed by atoms with Gasteiger partial charge in [-0.2, -0.15) is 0 Å². The molecule has 0 unspecified atom stereocenters. The van der Waals surface area contributed by atoms with Crippen molar-refractivity contribution in [3.63, 3.8) is 0 Å². The maximum atomic E-state index is 3.57. The summed E-state index contributed by atoms with van der Waals surface area (Å²) < 4.78 is 0. The van der Waals surface area contributed by atoms with E-state index in [9.17, 15) is 0 Å². The molecule has 1 heteroatoms. The Morgan fingerprint density at radius 3 is 2.21 bits per heavy atom. The van der Waals surface area contributed by atoms with Crippen molar-refractivity contribution >= 4 is 15.9 Å². The van der Waals surface area contributed by atoms with Gasteiger partial charge in [0.25, 0.3) is 0 Å². The molecule has 0 nitrogen and oxygen atoms in total. The lowest BCUT2D eigenvalue weighted by Crippen LogP contribution is -1.86. The van der Waals surface area contributed by atoms with Gasteiger partial charge < -0.3 is 0 Å². The van der Waals surface area contributed by atoms with Crippen molar-refractivity contribution in [3.05, 3.63) is 11.6 Å². The fraction of sp³-hybridized carbons (Fsp3) is 0.846. The van der Waals surface area contributed by atoms with Gasteiger partial charge in [0.1, 0.15) is 0 Å². The summed E-state index contributed by atoms with van der Waals surface area (Å²) in [5.41, 5.74) is 1.61. The van der Waals surface area contributed by atoms with E-state index in [1.807, 2.05) is 0 Å². The second kappa shape index (κ2) is 11.3. The minimum atomic E-state index is 1.07. The third kappa shape index (κ3) is 8.80. The minimum Gasteiger partial charge on any atom is -0.0880 e. The summed E-state index contributed by atoms with van der Waals surface area (Å²) >= 11 is 3.57. The van der Waals surface area contributed by atoms with E-state index in [-0.39, 0.29) is 0 Å². The zero-order chi connectivity index (χ0) is 10.6. The molecule has 0 radical (unpaired) electrons. The van der Waals surface area contributed by atoms with Crippen LogP contribution in [0.3, 0.4) is 0 Å². The fourth-order valence-electron chi connectivity index (χ4n) is 1.53. The van der Waals surface area contributed by atoms with Gasteiger partial charge in [-0.1, -0.05) is 67.1 Å². The monoisotopic (exact) mass is 260 g/mol. The topological polar surface area (TPSA) is 0 Å². The molecule has 0 N–H and O–H groups in total. The molecule has 14 heavy (non-hydrogen) atoms. The zero-order valence-electron chi connectivity index (χ0n) is 9.82. The van der Waals surface area contributed by atoms with Crippen LogP contribution in [0.2, 0.25) is 0 Å². The molecule has 84 valence electrons. The predicted octanol–water partition coefficient (Wildman–Crippen LogP) is 5.47. The summed E-state index contributed by atoms with van der Waals surface area (Å²) in [5.74, 6) is 0. The molecular formula is C13H25Br. The van der Waals surface area contributed by atoms with Crippen LogP contribution < -0.4 is 0 Å². The normalized spacial score (nSPS) is 12.1. The standard InChI is InChI=1S/C13H25Br/c1-3-5-7-9-11-13(12-14)10-8-6-4-2/h11H,3-10,12H2,1-2H3/b13-11+. The third-order valence-electron chi connectivity index (χ3n) is 2.51. The maximum absolute atomic E-state index is 3.57. The number of hydrogen-bond donors (Lipinski definition) is 0. The van der Waals surface area contributed by atoms with Gasteiger partial charge in [-0.05, 0) is 25.7 Å². The minimum absolute atomic E-state index is 1.07. The van der Waals surface area contributed by atoms with Crippen LogP contribution in [0.5, 0.6) is 0 Å². The van der Waals surface area contributed by atoms with Crippen LogP contribution in [0.1, 0.15) is 65.2 Å². The molecule has 0 bridgehead atoms. The maximum Gasteiger partial charge on any atom is 0.0241 e. The molecule has 0 atom stereocenters. The molecule has 0 aromatic heterocycles. The van der Waals surface area contributed by atoms with Gasteiger partial charge in [0, 0.05) is 5.33 Å². The lowest BCUT2D eigenvalue weighted by Gasteiger charge is -2.03. The molecule has 0 saturated heterocycles. The van der Waals surface area contributed by atoms with Crippen molar-refractivity contribution in [1.82, 2.24) is 0 Å². The van der Waals surface area contributed by atoms with Crippen LogP contribution in [-0.2, 0) is 0 Å². The second-order valence-electron chi connectivity index (χ2n) is 3.95. The van der Waals surface area contributed by atoms with Gasteiger partial charge in [-0.25, -0.2) is 0 Å². The average Bonchev–Trinajstić information content (AvgIpc) is 2.22. The van der Waals surface area contributed by atoms with Crippen LogP contribution >= 0.6 is 15.9 Å². The fourth-order valence-corrected chi connectivity index (χ4v) is 2.04. The molecule has 0 aromatic carbocycles. The smallest absolute Gasteiger partial charge is 0.0241 e. The van der Waals surface area contributed by atoms with Crippen molar-refractivity contribution < 1.29 is 0 Å². The lowest BCUT2D eigenvalue weighted by molar-refractivity contribution is 0.702. The Balaban J connectivity index is 3.53. The Labute approximate surface area is 98.3 Å². The Hall–Kier alpha value is 0.220. The van der Waals surface area contributed by atoms with Crippen molar-refractivity contribution in [2.24, 2.45) is 0 Å². The molecule has 0 spiro atoms.